The molecule has 1 aliphatic rings. The number of halogens is 5. The topological polar surface area (TPSA) is 86.8 Å². The number of benzene rings is 2. The Labute approximate surface area is 229 Å². The van der Waals surface area contributed by atoms with Gasteiger partial charge in [-0.3, -0.25) is 13.9 Å². The quantitative estimate of drug-likeness (QED) is 0.430. The molecule has 0 bridgehead atoms. The summed E-state index contributed by atoms with van der Waals surface area (Å²) in [4.78, 5) is 27.8. The van der Waals surface area contributed by atoms with Gasteiger partial charge in [-0.05, 0) is 55.7 Å². The third kappa shape index (κ3) is 7.77. The molecule has 208 valence electrons. The Morgan fingerprint density at radius 2 is 1.68 bits per heavy atom. The molecular formula is C25H28Cl2F3N3O4S. The Balaban J connectivity index is 1.95. The highest BCUT2D eigenvalue weighted by atomic mass is 35.5. The number of carbonyl (C=O) groups excluding carboxylic acids is 2. The Hall–Kier alpha value is -2.50. The molecule has 0 aromatic heterocycles. The summed E-state index contributed by atoms with van der Waals surface area (Å²) in [5, 5.41) is 3.10. The summed E-state index contributed by atoms with van der Waals surface area (Å²) in [6.07, 6.45) is -0.406. The van der Waals surface area contributed by atoms with Crippen LogP contribution >= 0.6 is 23.2 Å². The van der Waals surface area contributed by atoms with Crippen LogP contribution < -0.4 is 9.62 Å². The van der Waals surface area contributed by atoms with Crippen LogP contribution in [0.3, 0.4) is 0 Å². The highest BCUT2D eigenvalue weighted by molar-refractivity contribution is 7.92. The monoisotopic (exact) mass is 593 g/mol. The molecule has 3 rings (SSSR count). The first-order valence-corrected chi connectivity index (χ1v) is 14.5. The smallest absolute Gasteiger partial charge is 0.352 e. The Morgan fingerprint density at radius 3 is 2.24 bits per heavy atom. The molecule has 2 aromatic carbocycles. The first-order chi connectivity index (χ1) is 17.7. The van der Waals surface area contributed by atoms with Gasteiger partial charge in [0.05, 0.1) is 22.5 Å². The highest BCUT2D eigenvalue weighted by Gasteiger charge is 2.35. The zero-order chi connectivity index (χ0) is 28.3. The van der Waals surface area contributed by atoms with E-state index in [4.69, 9.17) is 23.2 Å². The first kappa shape index (κ1) is 30.0. The predicted octanol–water partition coefficient (Wildman–Crippen LogP) is 5.25. The van der Waals surface area contributed by atoms with Crippen molar-refractivity contribution in [1.82, 2.24) is 10.2 Å². The Bertz CT molecular complexity index is 1270. The number of hydrogen-bond acceptors (Lipinski definition) is 4. The molecule has 2 amide bonds. The van der Waals surface area contributed by atoms with E-state index in [1.54, 1.807) is 24.3 Å². The fourth-order valence-electron chi connectivity index (χ4n) is 4.24. The van der Waals surface area contributed by atoms with E-state index in [1.807, 2.05) is 0 Å². The molecule has 1 fully saturated rings. The lowest BCUT2D eigenvalue weighted by atomic mass is 10.1. The SMILES string of the molecule is C[C@@H](C(=O)NC1CCCC1)N(Cc1ccc(Cl)cc1)C(=O)CN(c1cc(C(F)(F)F)ccc1Cl)S(C)(=O)=O. The van der Waals surface area contributed by atoms with E-state index < -0.39 is 51.9 Å². The van der Waals surface area contributed by atoms with Crippen molar-refractivity contribution < 1.29 is 31.2 Å². The zero-order valence-corrected chi connectivity index (χ0v) is 23.1. The average molecular weight is 594 g/mol. The summed E-state index contributed by atoms with van der Waals surface area (Å²) in [5.41, 5.74) is -1.00. The molecule has 38 heavy (non-hydrogen) atoms. The molecule has 1 N–H and O–H groups in total. The fraction of sp³-hybridized carbons (Fsp3) is 0.440. The van der Waals surface area contributed by atoms with Crippen molar-refractivity contribution in [2.75, 3.05) is 17.1 Å². The largest absolute Gasteiger partial charge is 0.416 e. The maximum absolute atomic E-state index is 13.6. The van der Waals surface area contributed by atoms with E-state index in [1.165, 1.54) is 11.8 Å². The third-order valence-electron chi connectivity index (χ3n) is 6.36. The minimum Gasteiger partial charge on any atom is -0.352 e. The molecule has 0 heterocycles. The van der Waals surface area contributed by atoms with Gasteiger partial charge in [0.1, 0.15) is 12.6 Å². The van der Waals surface area contributed by atoms with E-state index in [0.29, 0.717) is 21.0 Å². The average Bonchev–Trinajstić information content (AvgIpc) is 3.33. The normalized spacial score (nSPS) is 15.2. The minimum absolute atomic E-state index is 0.0196. The summed E-state index contributed by atoms with van der Waals surface area (Å²) in [6, 6.07) is 7.72. The Kier molecular flexibility index (Phi) is 9.59. The van der Waals surface area contributed by atoms with Gasteiger partial charge in [0.2, 0.25) is 21.8 Å². The number of nitrogens with zero attached hydrogens (tertiary/aromatic N) is 2. The number of sulfonamides is 1. The van der Waals surface area contributed by atoms with E-state index in [2.05, 4.69) is 5.32 Å². The van der Waals surface area contributed by atoms with Crippen molar-refractivity contribution >= 4 is 50.7 Å². The maximum atomic E-state index is 13.6. The van der Waals surface area contributed by atoms with Crippen LogP contribution in [0.25, 0.3) is 0 Å². The maximum Gasteiger partial charge on any atom is 0.416 e. The summed E-state index contributed by atoms with van der Waals surface area (Å²) < 4.78 is 65.9. The lowest BCUT2D eigenvalue weighted by Crippen LogP contribution is -2.52. The Morgan fingerprint density at radius 1 is 1.08 bits per heavy atom. The van der Waals surface area contributed by atoms with Crippen molar-refractivity contribution in [2.45, 2.75) is 57.4 Å². The summed E-state index contributed by atoms with van der Waals surface area (Å²) in [5.74, 6) is -1.21. The van der Waals surface area contributed by atoms with Crippen molar-refractivity contribution in [3.8, 4) is 0 Å². The van der Waals surface area contributed by atoms with Crippen LogP contribution in [0.4, 0.5) is 18.9 Å². The number of anilines is 1. The molecule has 0 aliphatic heterocycles. The van der Waals surface area contributed by atoms with Gasteiger partial charge in [0.15, 0.2) is 0 Å². The van der Waals surface area contributed by atoms with Crippen LogP contribution in [0.5, 0.6) is 0 Å². The number of alkyl halides is 3. The van der Waals surface area contributed by atoms with E-state index >= 15 is 0 Å². The predicted molar refractivity (Wildman–Crippen MR) is 141 cm³/mol. The van der Waals surface area contributed by atoms with Crippen molar-refractivity contribution in [3.05, 3.63) is 63.6 Å². The molecule has 7 nitrogen and oxygen atoms in total. The van der Waals surface area contributed by atoms with Crippen LogP contribution in [0.15, 0.2) is 42.5 Å². The van der Waals surface area contributed by atoms with Gasteiger partial charge in [-0.1, -0.05) is 48.2 Å². The lowest BCUT2D eigenvalue weighted by Gasteiger charge is -2.32. The van der Waals surface area contributed by atoms with Gasteiger partial charge in [-0.25, -0.2) is 8.42 Å². The van der Waals surface area contributed by atoms with Crippen LogP contribution in [0.2, 0.25) is 10.0 Å². The molecule has 1 aliphatic carbocycles. The second kappa shape index (κ2) is 12.1. The standard InChI is InChI=1S/C25H28Cl2F3N3O4S/c1-16(24(35)31-20-5-3-4-6-20)32(14-17-7-10-19(26)11-8-17)23(34)15-33(38(2,36)37)22-13-18(25(28,29)30)9-12-21(22)27/h7-13,16,20H,3-6,14-15H2,1-2H3,(H,31,35)/t16-/m0/s1. The van der Waals surface area contributed by atoms with Crippen molar-refractivity contribution in [3.63, 3.8) is 0 Å². The lowest BCUT2D eigenvalue weighted by molar-refractivity contribution is -0.139. The van der Waals surface area contributed by atoms with Crippen molar-refractivity contribution in [1.29, 1.82) is 0 Å². The number of carbonyl (C=O) groups is 2. The van der Waals surface area contributed by atoms with Crippen LogP contribution in [0, 0.1) is 0 Å². The van der Waals surface area contributed by atoms with Crippen molar-refractivity contribution in [2.24, 2.45) is 0 Å². The van der Waals surface area contributed by atoms with Gasteiger partial charge in [-0.2, -0.15) is 13.2 Å². The zero-order valence-electron chi connectivity index (χ0n) is 20.8. The fourth-order valence-corrected chi connectivity index (χ4v) is 5.48. The molecule has 0 unspecified atom stereocenters. The summed E-state index contributed by atoms with van der Waals surface area (Å²) in [7, 11) is -4.26. The number of nitrogens with one attached hydrogen (secondary N) is 1. The van der Waals surface area contributed by atoms with E-state index in [0.717, 1.165) is 44.1 Å². The van der Waals surface area contributed by atoms with E-state index in [9.17, 15) is 31.2 Å². The van der Waals surface area contributed by atoms with Gasteiger partial charge in [-0.15, -0.1) is 0 Å². The van der Waals surface area contributed by atoms with Crippen LogP contribution in [-0.4, -0.2) is 50.0 Å². The van der Waals surface area contributed by atoms with Crippen LogP contribution in [-0.2, 0) is 32.3 Å². The second-order valence-electron chi connectivity index (χ2n) is 9.25. The van der Waals surface area contributed by atoms with E-state index in [-0.39, 0.29) is 17.6 Å². The summed E-state index contributed by atoms with van der Waals surface area (Å²) >= 11 is 12.0. The number of hydrogen-bond donors (Lipinski definition) is 1. The molecule has 1 saturated carbocycles. The van der Waals surface area contributed by atoms with Gasteiger partial charge < -0.3 is 10.2 Å². The highest BCUT2D eigenvalue weighted by Crippen LogP contribution is 2.36. The summed E-state index contributed by atoms with van der Waals surface area (Å²) in [6.45, 7) is 0.581. The molecule has 13 heteroatoms. The number of rotatable bonds is 9. The molecular weight excluding hydrogens is 566 g/mol. The molecule has 0 spiro atoms. The second-order valence-corrected chi connectivity index (χ2v) is 12.0. The molecule has 0 radical (unpaired) electrons. The molecule has 0 saturated heterocycles. The van der Waals surface area contributed by atoms with Crippen LogP contribution in [0.1, 0.15) is 43.7 Å². The molecule has 1 atom stereocenters. The first-order valence-electron chi connectivity index (χ1n) is 11.9. The third-order valence-corrected chi connectivity index (χ3v) is 8.05. The number of amides is 2. The minimum atomic E-state index is -4.76. The van der Waals surface area contributed by atoms with Gasteiger partial charge in [0, 0.05) is 17.6 Å². The van der Waals surface area contributed by atoms with Gasteiger partial charge in [0.25, 0.3) is 0 Å². The molecule has 2 aromatic rings. The van der Waals surface area contributed by atoms with Gasteiger partial charge >= 0.3 is 6.18 Å².